The van der Waals surface area contributed by atoms with E-state index in [1.165, 1.54) is 12.1 Å². The summed E-state index contributed by atoms with van der Waals surface area (Å²) in [7, 11) is 0. The maximum absolute atomic E-state index is 12.9. The molecule has 0 unspecified atom stereocenters. The van der Waals surface area contributed by atoms with Crippen LogP contribution in [0.2, 0.25) is 20.1 Å². The van der Waals surface area contributed by atoms with Gasteiger partial charge in [-0.1, -0.05) is 64.6 Å². The zero-order valence-corrected chi connectivity index (χ0v) is 23.5. The molecule has 0 heterocycles. The van der Waals surface area contributed by atoms with Gasteiger partial charge in [-0.2, -0.15) is 0 Å². The Morgan fingerprint density at radius 1 is 0.923 bits per heavy atom. The highest BCUT2D eigenvalue weighted by Gasteiger charge is 2.24. The van der Waals surface area contributed by atoms with Gasteiger partial charge in [-0.15, -0.1) is 0 Å². The minimum absolute atomic E-state index is 0.0146. The number of halogens is 4. The summed E-state index contributed by atoms with van der Waals surface area (Å²) in [6.07, 6.45) is 0.585. The highest BCUT2D eigenvalue weighted by atomic mass is 35.5. The molecule has 39 heavy (non-hydrogen) atoms. The molecule has 0 radical (unpaired) electrons. The van der Waals surface area contributed by atoms with Crippen molar-refractivity contribution < 1.29 is 24.2 Å². The Hall–Kier alpha value is -3.01. The summed E-state index contributed by atoms with van der Waals surface area (Å²) in [4.78, 5) is 37.2. The molecule has 0 saturated heterocycles. The van der Waals surface area contributed by atoms with Crippen molar-refractivity contribution in [3.8, 4) is 5.75 Å². The lowest BCUT2D eigenvalue weighted by molar-refractivity contribution is -0.139. The second-order valence-electron chi connectivity index (χ2n) is 8.44. The Kier molecular flexibility index (Phi) is 11.3. The number of anilines is 1. The Labute approximate surface area is 245 Å². The predicted octanol–water partition coefficient (Wildman–Crippen LogP) is 5.63. The van der Waals surface area contributed by atoms with Crippen molar-refractivity contribution in [2.24, 2.45) is 5.73 Å². The van der Waals surface area contributed by atoms with Crippen LogP contribution in [0, 0.1) is 0 Å². The summed E-state index contributed by atoms with van der Waals surface area (Å²) in [5.74, 6) is -1.94. The number of hydrogen-bond acceptors (Lipinski definition) is 5. The van der Waals surface area contributed by atoms with Gasteiger partial charge in [0.25, 0.3) is 5.91 Å². The monoisotopic (exact) mass is 611 g/mol. The lowest BCUT2D eigenvalue weighted by Crippen LogP contribution is -2.42. The highest BCUT2D eigenvalue weighted by molar-refractivity contribution is 6.40. The normalized spacial score (nSPS) is 11.5. The summed E-state index contributed by atoms with van der Waals surface area (Å²) in [5, 5.41) is 15.7. The Morgan fingerprint density at radius 3 is 2.10 bits per heavy atom. The predicted molar refractivity (Wildman–Crippen MR) is 153 cm³/mol. The molecule has 12 heteroatoms. The van der Waals surface area contributed by atoms with Crippen LogP contribution in [-0.2, 0) is 22.4 Å². The van der Waals surface area contributed by atoms with E-state index in [1.54, 1.807) is 42.5 Å². The highest BCUT2D eigenvalue weighted by Crippen LogP contribution is 2.31. The molecule has 1 atom stereocenters. The first-order chi connectivity index (χ1) is 18.6. The van der Waals surface area contributed by atoms with Crippen LogP contribution >= 0.6 is 46.4 Å². The van der Waals surface area contributed by atoms with Crippen molar-refractivity contribution in [3.63, 3.8) is 0 Å². The molecule has 206 valence electrons. The topological polar surface area (TPSA) is 131 Å². The van der Waals surface area contributed by atoms with Gasteiger partial charge in [0.1, 0.15) is 11.8 Å². The Morgan fingerprint density at radius 2 is 1.54 bits per heavy atom. The zero-order chi connectivity index (χ0) is 28.5. The van der Waals surface area contributed by atoms with E-state index in [-0.39, 0.29) is 34.4 Å². The lowest BCUT2D eigenvalue weighted by Gasteiger charge is -2.17. The Bertz CT molecular complexity index is 1310. The summed E-state index contributed by atoms with van der Waals surface area (Å²) in [6, 6.07) is 13.1. The Balaban J connectivity index is 1.63. The van der Waals surface area contributed by atoms with Crippen LogP contribution in [0.25, 0.3) is 0 Å². The molecule has 3 rings (SSSR count). The number of rotatable bonds is 12. The lowest BCUT2D eigenvalue weighted by atomic mass is 10.0. The standard InChI is InChI=1S/C27H25Cl4N3O5/c28-19-3-1-4-20(29)18(19)14-24(35)33-16-7-5-15(6-8-16)11-23(27(37)38)34-26(36)25-21(30)12-17(13-22(25)31)39-10-2-9-32/h1,3-8,12-13,23H,2,9-11,14,32H2,(H,33,35)(H,34,36)(H,37,38)/t23-/m0/s1. The quantitative estimate of drug-likeness (QED) is 0.196. The van der Waals surface area contributed by atoms with Gasteiger partial charge >= 0.3 is 5.97 Å². The van der Waals surface area contributed by atoms with Crippen LogP contribution in [0.1, 0.15) is 27.9 Å². The molecule has 5 N–H and O–H groups in total. The van der Waals surface area contributed by atoms with E-state index in [4.69, 9.17) is 56.9 Å². The third kappa shape index (κ3) is 8.74. The number of hydrogen-bond donors (Lipinski definition) is 4. The van der Waals surface area contributed by atoms with Crippen molar-refractivity contribution in [1.29, 1.82) is 0 Å². The SMILES string of the molecule is NCCCOc1cc(Cl)c(C(=O)N[C@@H](Cc2ccc(NC(=O)Cc3c(Cl)cccc3Cl)cc2)C(=O)O)c(Cl)c1. The number of nitrogens with two attached hydrogens (primary N) is 1. The molecular formula is C27H25Cl4N3O5. The average Bonchev–Trinajstić information content (AvgIpc) is 2.87. The smallest absolute Gasteiger partial charge is 0.326 e. The minimum Gasteiger partial charge on any atom is -0.493 e. The second-order valence-corrected chi connectivity index (χ2v) is 10.1. The molecule has 3 aromatic rings. The third-order valence-corrected chi connectivity index (χ3v) is 6.84. The van der Waals surface area contributed by atoms with E-state index >= 15 is 0 Å². The maximum atomic E-state index is 12.9. The minimum atomic E-state index is -1.27. The van der Waals surface area contributed by atoms with Gasteiger partial charge in [0.15, 0.2) is 0 Å². The van der Waals surface area contributed by atoms with Gasteiger partial charge in [-0.05, 0) is 60.5 Å². The van der Waals surface area contributed by atoms with Crippen LogP contribution in [-0.4, -0.2) is 42.1 Å². The maximum Gasteiger partial charge on any atom is 0.326 e. The molecule has 8 nitrogen and oxygen atoms in total. The summed E-state index contributed by atoms with van der Waals surface area (Å²) >= 11 is 24.7. The largest absolute Gasteiger partial charge is 0.493 e. The van der Waals surface area contributed by atoms with Gasteiger partial charge in [-0.3, -0.25) is 9.59 Å². The number of ether oxygens (including phenoxy) is 1. The fourth-order valence-corrected chi connectivity index (χ4v) is 4.75. The average molecular weight is 613 g/mol. The molecule has 0 aromatic heterocycles. The van der Waals surface area contributed by atoms with Crippen LogP contribution in [0.3, 0.4) is 0 Å². The zero-order valence-electron chi connectivity index (χ0n) is 20.5. The molecular weight excluding hydrogens is 588 g/mol. The van der Waals surface area contributed by atoms with E-state index < -0.39 is 17.9 Å². The van der Waals surface area contributed by atoms with Crippen LogP contribution in [0.4, 0.5) is 5.69 Å². The van der Waals surface area contributed by atoms with E-state index in [0.717, 1.165) is 0 Å². The molecule has 0 aliphatic rings. The fraction of sp³-hybridized carbons (Fsp3) is 0.222. The van der Waals surface area contributed by atoms with Crippen molar-refractivity contribution in [3.05, 3.63) is 91.4 Å². The van der Waals surface area contributed by atoms with Crippen molar-refractivity contribution in [1.82, 2.24) is 5.32 Å². The number of aliphatic carboxylic acids is 1. The number of carbonyl (C=O) groups excluding carboxylic acids is 2. The van der Waals surface area contributed by atoms with Crippen molar-refractivity contribution in [2.75, 3.05) is 18.5 Å². The van der Waals surface area contributed by atoms with Gasteiger partial charge in [-0.25, -0.2) is 4.79 Å². The number of carboxylic acids is 1. The summed E-state index contributed by atoms with van der Waals surface area (Å²) in [5.41, 5.74) is 7.00. The number of benzene rings is 3. The van der Waals surface area contributed by atoms with Gasteiger partial charge in [0, 0.05) is 22.2 Å². The first-order valence-corrected chi connectivity index (χ1v) is 13.3. The molecule has 0 aliphatic heterocycles. The van der Waals surface area contributed by atoms with E-state index in [1.807, 2.05) is 0 Å². The molecule has 0 fully saturated rings. The van der Waals surface area contributed by atoms with E-state index in [2.05, 4.69) is 10.6 Å². The second kappa shape index (κ2) is 14.4. The molecule has 3 aromatic carbocycles. The molecule has 2 amide bonds. The summed E-state index contributed by atoms with van der Waals surface area (Å²) in [6.45, 7) is 0.808. The number of nitrogens with one attached hydrogen (secondary N) is 2. The number of carbonyl (C=O) groups is 3. The molecule has 0 bridgehead atoms. The fourth-order valence-electron chi connectivity index (χ4n) is 3.58. The van der Waals surface area contributed by atoms with Crippen molar-refractivity contribution >= 4 is 69.9 Å². The third-order valence-electron chi connectivity index (χ3n) is 5.54. The number of carboxylic acid groups (broad SMARTS) is 1. The van der Waals surface area contributed by atoms with Gasteiger partial charge < -0.3 is 26.2 Å². The van der Waals surface area contributed by atoms with Crippen molar-refractivity contribution in [2.45, 2.75) is 25.3 Å². The van der Waals surface area contributed by atoms with Crippen LogP contribution in [0.5, 0.6) is 5.75 Å². The molecule has 0 aliphatic carbocycles. The van der Waals surface area contributed by atoms with Crippen LogP contribution in [0.15, 0.2) is 54.6 Å². The molecule has 0 saturated carbocycles. The van der Waals surface area contributed by atoms with Gasteiger partial charge in [0.05, 0.1) is 28.6 Å². The first kappa shape index (κ1) is 30.5. The van der Waals surface area contributed by atoms with Gasteiger partial charge in [0.2, 0.25) is 5.91 Å². The van der Waals surface area contributed by atoms with Crippen LogP contribution < -0.4 is 21.1 Å². The number of amides is 2. The summed E-state index contributed by atoms with van der Waals surface area (Å²) < 4.78 is 5.50. The van der Waals surface area contributed by atoms with E-state index in [9.17, 15) is 19.5 Å². The molecule has 0 spiro atoms. The first-order valence-electron chi connectivity index (χ1n) is 11.8. The van der Waals surface area contributed by atoms with E-state index in [0.29, 0.717) is 52.2 Å².